The summed E-state index contributed by atoms with van der Waals surface area (Å²) < 4.78 is 6.53. The van der Waals surface area contributed by atoms with Gasteiger partial charge in [0, 0.05) is 17.3 Å². The molecule has 1 unspecified atom stereocenters. The zero-order chi connectivity index (χ0) is 15.1. The molecule has 1 amide bonds. The van der Waals surface area contributed by atoms with E-state index in [0.29, 0.717) is 26.7 Å². The highest BCUT2D eigenvalue weighted by atomic mass is 79.9. The molecule has 4 nitrogen and oxygen atoms in total. The standard InChI is InChI=1S/C15H12BrClN2O2/c1-7-2-3-12(10(17)4-7)21-13-6-11-8(5-9(13)16)14(18)15(20)19-11/h2-6,14H,18H2,1H3,(H,19,20). The Balaban J connectivity index is 1.97. The first-order chi connectivity index (χ1) is 9.95. The van der Waals surface area contributed by atoms with Crippen LogP contribution >= 0.6 is 27.5 Å². The van der Waals surface area contributed by atoms with Crippen molar-refractivity contribution in [3.63, 3.8) is 0 Å². The normalized spacial score (nSPS) is 16.6. The molecule has 0 aromatic heterocycles. The Labute approximate surface area is 135 Å². The number of nitrogens with two attached hydrogens (primary N) is 1. The van der Waals surface area contributed by atoms with Gasteiger partial charge in [0.05, 0.1) is 9.50 Å². The molecule has 1 atom stereocenters. The van der Waals surface area contributed by atoms with Crippen LogP contribution < -0.4 is 15.8 Å². The molecule has 21 heavy (non-hydrogen) atoms. The Kier molecular flexibility index (Phi) is 3.65. The highest BCUT2D eigenvalue weighted by Gasteiger charge is 2.28. The monoisotopic (exact) mass is 366 g/mol. The van der Waals surface area contributed by atoms with Crippen molar-refractivity contribution in [1.82, 2.24) is 0 Å². The molecule has 2 aromatic rings. The number of hydrogen-bond donors (Lipinski definition) is 2. The first kappa shape index (κ1) is 14.4. The lowest BCUT2D eigenvalue weighted by molar-refractivity contribution is -0.116. The molecule has 3 N–H and O–H groups in total. The molecule has 1 aliphatic rings. The van der Waals surface area contributed by atoms with E-state index in [1.807, 2.05) is 25.1 Å². The van der Waals surface area contributed by atoms with Crippen molar-refractivity contribution in [2.75, 3.05) is 5.32 Å². The average molecular weight is 368 g/mol. The predicted molar refractivity (Wildman–Crippen MR) is 86.0 cm³/mol. The first-order valence-electron chi connectivity index (χ1n) is 6.29. The molecule has 0 aliphatic carbocycles. The number of ether oxygens (including phenoxy) is 1. The third-order valence-electron chi connectivity index (χ3n) is 3.29. The minimum absolute atomic E-state index is 0.220. The molecule has 0 saturated carbocycles. The summed E-state index contributed by atoms with van der Waals surface area (Å²) in [4.78, 5) is 11.6. The van der Waals surface area contributed by atoms with Crippen molar-refractivity contribution in [3.8, 4) is 11.5 Å². The fraction of sp³-hybridized carbons (Fsp3) is 0.133. The van der Waals surface area contributed by atoms with E-state index in [-0.39, 0.29) is 5.91 Å². The van der Waals surface area contributed by atoms with Crippen LogP contribution in [0.4, 0.5) is 5.69 Å². The van der Waals surface area contributed by atoms with Crippen molar-refractivity contribution in [1.29, 1.82) is 0 Å². The average Bonchev–Trinajstić information content (AvgIpc) is 2.69. The number of carbonyl (C=O) groups excluding carboxylic acids is 1. The Morgan fingerprint density at radius 3 is 2.76 bits per heavy atom. The number of nitrogens with one attached hydrogen (secondary N) is 1. The van der Waals surface area contributed by atoms with Crippen LogP contribution in [0.5, 0.6) is 11.5 Å². The molecule has 0 radical (unpaired) electrons. The van der Waals surface area contributed by atoms with Crippen molar-refractivity contribution >= 4 is 39.1 Å². The van der Waals surface area contributed by atoms with E-state index >= 15 is 0 Å². The summed E-state index contributed by atoms with van der Waals surface area (Å²) >= 11 is 9.60. The number of hydrogen-bond acceptors (Lipinski definition) is 3. The smallest absolute Gasteiger partial charge is 0.245 e. The molecule has 2 aromatic carbocycles. The summed E-state index contributed by atoms with van der Waals surface area (Å²) in [5.41, 5.74) is 8.27. The van der Waals surface area contributed by atoms with Crippen LogP contribution in [-0.4, -0.2) is 5.91 Å². The fourth-order valence-electron chi connectivity index (χ4n) is 2.17. The van der Waals surface area contributed by atoms with E-state index in [4.69, 9.17) is 22.1 Å². The number of carbonyl (C=O) groups is 1. The number of fused-ring (bicyclic) bond motifs is 1. The summed E-state index contributed by atoms with van der Waals surface area (Å²) in [5, 5.41) is 3.26. The first-order valence-corrected chi connectivity index (χ1v) is 7.46. The van der Waals surface area contributed by atoms with Crippen molar-refractivity contribution in [2.45, 2.75) is 13.0 Å². The van der Waals surface area contributed by atoms with Gasteiger partial charge in [0.1, 0.15) is 17.5 Å². The minimum Gasteiger partial charge on any atom is -0.455 e. The molecule has 0 spiro atoms. The van der Waals surface area contributed by atoms with Crippen molar-refractivity contribution in [3.05, 3.63) is 51.0 Å². The van der Waals surface area contributed by atoms with Crippen LogP contribution in [0.15, 0.2) is 34.8 Å². The summed E-state index contributed by atoms with van der Waals surface area (Å²) in [7, 11) is 0. The van der Waals surface area contributed by atoms with Gasteiger partial charge in [0.15, 0.2) is 0 Å². The maximum Gasteiger partial charge on any atom is 0.245 e. The number of halogens is 2. The van der Waals surface area contributed by atoms with E-state index in [1.54, 1.807) is 12.1 Å². The topological polar surface area (TPSA) is 64.3 Å². The maximum absolute atomic E-state index is 11.6. The second-order valence-electron chi connectivity index (χ2n) is 4.87. The number of benzene rings is 2. The molecular formula is C15H12BrClN2O2. The van der Waals surface area contributed by atoms with Crippen LogP contribution in [0.2, 0.25) is 5.02 Å². The quantitative estimate of drug-likeness (QED) is 0.838. The summed E-state index contributed by atoms with van der Waals surface area (Å²) in [6.45, 7) is 1.96. The molecule has 1 heterocycles. The van der Waals surface area contributed by atoms with Gasteiger partial charge in [-0.25, -0.2) is 0 Å². The van der Waals surface area contributed by atoms with Gasteiger partial charge in [-0.15, -0.1) is 0 Å². The zero-order valence-electron chi connectivity index (χ0n) is 11.1. The highest BCUT2D eigenvalue weighted by molar-refractivity contribution is 9.10. The number of amides is 1. The van der Waals surface area contributed by atoms with E-state index in [9.17, 15) is 4.79 Å². The second kappa shape index (κ2) is 5.33. The Morgan fingerprint density at radius 1 is 1.29 bits per heavy atom. The van der Waals surface area contributed by atoms with Gasteiger partial charge in [-0.05, 0) is 46.6 Å². The van der Waals surface area contributed by atoms with Gasteiger partial charge in [-0.3, -0.25) is 4.79 Å². The van der Waals surface area contributed by atoms with E-state index in [2.05, 4.69) is 21.2 Å². The largest absolute Gasteiger partial charge is 0.455 e. The summed E-state index contributed by atoms with van der Waals surface area (Å²) in [5.74, 6) is 0.896. The molecular weight excluding hydrogens is 356 g/mol. The van der Waals surface area contributed by atoms with Gasteiger partial charge < -0.3 is 15.8 Å². The Bertz CT molecular complexity index is 749. The van der Waals surface area contributed by atoms with E-state index in [1.165, 1.54) is 0 Å². The van der Waals surface area contributed by atoms with Gasteiger partial charge in [0.2, 0.25) is 5.91 Å². The van der Waals surface area contributed by atoms with E-state index in [0.717, 1.165) is 11.1 Å². The molecule has 0 saturated heterocycles. The zero-order valence-corrected chi connectivity index (χ0v) is 13.5. The van der Waals surface area contributed by atoms with Gasteiger partial charge in [-0.2, -0.15) is 0 Å². The van der Waals surface area contributed by atoms with Gasteiger partial charge >= 0.3 is 0 Å². The van der Waals surface area contributed by atoms with E-state index < -0.39 is 6.04 Å². The molecule has 6 heteroatoms. The third-order valence-corrected chi connectivity index (χ3v) is 4.20. The van der Waals surface area contributed by atoms with Crippen LogP contribution in [0.1, 0.15) is 17.2 Å². The summed E-state index contributed by atoms with van der Waals surface area (Å²) in [6.07, 6.45) is 0. The number of aryl methyl sites for hydroxylation is 1. The lowest BCUT2D eigenvalue weighted by Gasteiger charge is -2.12. The molecule has 3 rings (SSSR count). The molecule has 0 fully saturated rings. The molecule has 0 bridgehead atoms. The molecule has 1 aliphatic heterocycles. The highest BCUT2D eigenvalue weighted by Crippen LogP contribution is 2.40. The van der Waals surface area contributed by atoms with Gasteiger partial charge in [-0.1, -0.05) is 17.7 Å². The van der Waals surface area contributed by atoms with Crippen LogP contribution in [0.25, 0.3) is 0 Å². The van der Waals surface area contributed by atoms with Crippen molar-refractivity contribution in [2.24, 2.45) is 5.73 Å². The lowest BCUT2D eigenvalue weighted by Crippen LogP contribution is -2.19. The second-order valence-corrected chi connectivity index (χ2v) is 6.13. The van der Waals surface area contributed by atoms with Crippen LogP contribution in [0, 0.1) is 6.92 Å². The lowest BCUT2D eigenvalue weighted by atomic mass is 10.1. The van der Waals surface area contributed by atoms with Crippen LogP contribution in [0.3, 0.4) is 0 Å². The SMILES string of the molecule is Cc1ccc(Oc2cc3c(cc2Br)C(N)C(=O)N3)c(Cl)c1. The maximum atomic E-state index is 11.6. The molecule has 108 valence electrons. The Morgan fingerprint density at radius 2 is 2.05 bits per heavy atom. The van der Waals surface area contributed by atoms with Gasteiger partial charge in [0.25, 0.3) is 0 Å². The fourth-order valence-corrected chi connectivity index (χ4v) is 2.89. The summed E-state index contributed by atoms with van der Waals surface area (Å²) in [6, 6.07) is 8.43. The minimum atomic E-state index is -0.645. The predicted octanol–water partition coefficient (Wildman–Crippen LogP) is 4.16. The van der Waals surface area contributed by atoms with Crippen LogP contribution in [-0.2, 0) is 4.79 Å². The Hall–Kier alpha value is -1.56. The van der Waals surface area contributed by atoms with Crippen molar-refractivity contribution < 1.29 is 9.53 Å². The number of rotatable bonds is 2. The third kappa shape index (κ3) is 2.64. The number of anilines is 1.